The van der Waals surface area contributed by atoms with Gasteiger partial charge in [0.25, 0.3) is 5.91 Å². The maximum Gasteiger partial charge on any atom is 0.336 e. The minimum absolute atomic E-state index is 0.102. The molecule has 1 unspecified atom stereocenters. The van der Waals surface area contributed by atoms with Crippen molar-refractivity contribution in [3.05, 3.63) is 77.4 Å². The first-order valence-electron chi connectivity index (χ1n) is 13.1. The highest BCUT2D eigenvalue weighted by Gasteiger charge is 2.29. The van der Waals surface area contributed by atoms with E-state index in [2.05, 4.69) is 16.0 Å². The van der Waals surface area contributed by atoms with Crippen LogP contribution in [0, 0.1) is 5.92 Å². The van der Waals surface area contributed by atoms with Gasteiger partial charge in [-0.15, -0.1) is 0 Å². The van der Waals surface area contributed by atoms with Crippen molar-refractivity contribution in [2.45, 2.75) is 55.0 Å². The summed E-state index contributed by atoms with van der Waals surface area (Å²) < 4.78 is 5.77. The average Bonchev–Trinajstić information content (AvgIpc) is 3.45. The molecule has 0 radical (unpaired) electrons. The summed E-state index contributed by atoms with van der Waals surface area (Å²) in [5.41, 5.74) is 3.21. The van der Waals surface area contributed by atoms with E-state index >= 15 is 0 Å². The fourth-order valence-electron chi connectivity index (χ4n) is 4.96. The molecule has 0 saturated carbocycles. The number of carboxylic acids is 1. The van der Waals surface area contributed by atoms with Gasteiger partial charge in [-0.2, -0.15) is 0 Å². The fourth-order valence-corrected chi connectivity index (χ4v) is 5.93. The standard InChI is InChI=1S/C30H31N3O5S/c1-17(2)15-23(29(35)32-21-9-5-7-19(30(36)37)27(21)24-10-6-14-38-24)33-28(34)18-12-13-26-22(16-18)31-20-8-3-4-11-25(20)39-26/h3-5,7-9,11-13,16-17,23-24,31H,6,10,14-15H2,1-2H3,(H,32,35)(H,33,34)(H,36,37)/t23-,24?/m0/s1. The lowest BCUT2D eigenvalue weighted by Gasteiger charge is -2.24. The Hall–Kier alpha value is -3.82. The predicted octanol–water partition coefficient (Wildman–Crippen LogP) is 6.23. The molecule has 0 aromatic heterocycles. The third kappa shape index (κ3) is 5.94. The first kappa shape index (κ1) is 26.8. The molecule has 9 heteroatoms. The minimum atomic E-state index is -1.08. The van der Waals surface area contributed by atoms with Crippen molar-refractivity contribution < 1.29 is 24.2 Å². The van der Waals surface area contributed by atoms with Crippen molar-refractivity contribution in [2.24, 2.45) is 5.92 Å². The number of aromatic carboxylic acids is 1. The molecule has 3 aromatic carbocycles. The molecule has 2 atom stereocenters. The zero-order valence-electron chi connectivity index (χ0n) is 21.8. The van der Waals surface area contributed by atoms with Crippen molar-refractivity contribution in [3.63, 3.8) is 0 Å². The van der Waals surface area contributed by atoms with Gasteiger partial charge >= 0.3 is 5.97 Å². The normalized spacial score (nSPS) is 16.5. The highest BCUT2D eigenvalue weighted by Crippen LogP contribution is 2.44. The summed E-state index contributed by atoms with van der Waals surface area (Å²) in [6, 6.07) is 17.4. The van der Waals surface area contributed by atoms with Gasteiger partial charge in [0, 0.05) is 33.2 Å². The fraction of sp³-hybridized carbons (Fsp3) is 0.300. The molecule has 39 heavy (non-hydrogen) atoms. The lowest BCUT2D eigenvalue weighted by atomic mass is 9.97. The smallest absolute Gasteiger partial charge is 0.336 e. The van der Waals surface area contributed by atoms with Gasteiger partial charge in [0.05, 0.1) is 23.0 Å². The Bertz CT molecular complexity index is 1420. The summed E-state index contributed by atoms with van der Waals surface area (Å²) in [6.45, 7) is 4.50. The van der Waals surface area contributed by atoms with E-state index in [0.29, 0.717) is 36.3 Å². The zero-order valence-corrected chi connectivity index (χ0v) is 22.6. The Kier molecular flexibility index (Phi) is 7.90. The monoisotopic (exact) mass is 545 g/mol. The highest BCUT2D eigenvalue weighted by atomic mass is 32.2. The van der Waals surface area contributed by atoms with Gasteiger partial charge in [-0.1, -0.05) is 43.8 Å². The maximum absolute atomic E-state index is 13.5. The van der Waals surface area contributed by atoms with E-state index in [4.69, 9.17) is 4.74 Å². The van der Waals surface area contributed by atoms with E-state index in [9.17, 15) is 19.5 Å². The van der Waals surface area contributed by atoms with E-state index in [1.165, 1.54) is 6.07 Å². The molecule has 5 rings (SSSR count). The Morgan fingerprint density at radius 2 is 1.85 bits per heavy atom. The van der Waals surface area contributed by atoms with Crippen LogP contribution in [0.1, 0.15) is 65.5 Å². The maximum atomic E-state index is 13.5. The second kappa shape index (κ2) is 11.5. The summed E-state index contributed by atoms with van der Waals surface area (Å²) in [7, 11) is 0. The molecule has 0 aliphatic carbocycles. The second-order valence-corrected chi connectivity index (χ2v) is 11.2. The molecular formula is C30H31N3O5S. The largest absolute Gasteiger partial charge is 0.478 e. The topological polar surface area (TPSA) is 117 Å². The molecule has 2 amide bonds. The number of carbonyl (C=O) groups excluding carboxylic acids is 2. The van der Waals surface area contributed by atoms with Crippen molar-refractivity contribution in [1.82, 2.24) is 5.32 Å². The molecule has 2 aliphatic heterocycles. The van der Waals surface area contributed by atoms with E-state index in [-0.39, 0.29) is 17.4 Å². The number of fused-ring (bicyclic) bond motifs is 2. The number of hydrogen-bond donors (Lipinski definition) is 4. The van der Waals surface area contributed by atoms with Gasteiger partial charge in [-0.05, 0) is 67.6 Å². The van der Waals surface area contributed by atoms with E-state index in [0.717, 1.165) is 27.6 Å². The number of carboxylic acid groups (broad SMARTS) is 1. The molecule has 8 nitrogen and oxygen atoms in total. The first-order chi connectivity index (χ1) is 18.8. The van der Waals surface area contributed by atoms with E-state index in [1.54, 1.807) is 36.0 Å². The molecule has 0 spiro atoms. The number of rotatable bonds is 8. The van der Waals surface area contributed by atoms with Crippen LogP contribution in [0.4, 0.5) is 17.1 Å². The summed E-state index contributed by atoms with van der Waals surface area (Å²) in [5, 5.41) is 18.9. The molecule has 4 N–H and O–H groups in total. The number of para-hydroxylation sites is 1. The van der Waals surface area contributed by atoms with Crippen LogP contribution in [0.3, 0.4) is 0 Å². The molecule has 2 aliphatic rings. The van der Waals surface area contributed by atoms with Gasteiger partial charge in [0.1, 0.15) is 6.04 Å². The lowest BCUT2D eigenvalue weighted by Crippen LogP contribution is -2.44. The number of hydrogen-bond acceptors (Lipinski definition) is 6. The van der Waals surface area contributed by atoms with Gasteiger partial charge < -0.3 is 25.8 Å². The molecule has 1 fully saturated rings. The lowest BCUT2D eigenvalue weighted by molar-refractivity contribution is -0.118. The van der Waals surface area contributed by atoms with Gasteiger partial charge in [-0.3, -0.25) is 9.59 Å². The number of amides is 2. The first-order valence-corrected chi connectivity index (χ1v) is 13.9. The van der Waals surface area contributed by atoms with Crippen LogP contribution in [0.25, 0.3) is 0 Å². The van der Waals surface area contributed by atoms with Crippen LogP contribution in [0.2, 0.25) is 0 Å². The van der Waals surface area contributed by atoms with Crippen molar-refractivity contribution >= 4 is 46.6 Å². The third-order valence-electron chi connectivity index (χ3n) is 6.79. The average molecular weight is 546 g/mol. The van der Waals surface area contributed by atoms with Crippen LogP contribution in [-0.4, -0.2) is 35.5 Å². The highest BCUT2D eigenvalue weighted by molar-refractivity contribution is 7.99. The van der Waals surface area contributed by atoms with Crippen LogP contribution in [0.5, 0.6) is 0 Å². The van der Waals surface area contributed by atoms with E-state index < -0.39 is 24.0 Å². The summed E-state index contributed by atoms with van der Waals surface area (Å²) in [6.07, 6.45) is 1.50. The summed E-state index contributed by atoms with van der Waals surface area (Å²) in [4.78, 5) is 40.9. The van der Waals surface area contributed by atoms with Crippen LogP contribution in [0.15, 0.2) is 70.5 Å². The van der Waals surface area contributed by atoms with Crippen molar-refractivity contribution in [2.75, 3.05) is 17.2 Å². The molecule has 0 bridgehead atoms. The number of anilines is 3. The van der Waals surface area contributed by atoms with Gasteiger partial charge in [-0.25, -0.2) is 4.79 Å². The molecular weight excluding hydrogens is 514 g/mol. The molecule has 1 saturated heterocycles. The Morgan fingerprint density at radius 3 is 2.59 bits per heavy atom. The number of nitrogens with one attached hydrogen (secondary N) is 3. The Balaban J connectivity index is 1.36. The number of benzene rings is 3. The second-order valence-electron chi connectivity index (χ2n) is 10.2. The zero-order chi connectivity index (χ0) is 27.5. The van der Waals surface area contributed by atoms with Crippen LogP contribution in [-0.2, 0) is 9.53 Å². The molecule has 3 aromatic rings. The quantitative estimate of drug-likeness (QED) is 0.207. The molecule has 202 valence electrons. The van der Waals surface area contributed by atoms with Gasteiger partial charge in [0.2, 0.25) is 5.91 Å². The Labute approximate surface area is 231 Å². The van der Waals surface area contributed by atoms with Crippen molar-refractivity contribution in [1.29, 1.82) is 0 Å². The Morgan fingerprint density at radius 1 is 1.05 bits per heavy atom. The SMILES string of the molecule is CC(C)C[C@H](NC(=O)c1ccc2c(c1)Nc1ccccc1S2)C(=O)Nc1cccc(C(=O)O)c1C1CCCO1. The number of carbonyl (C=O) groups is 3. The molecule has 2 heterocycles. The van der Waals surface area contributed by atoms with Gasteiger partial charge in [0.15, 0.2) is 0 Å². The predicted molar refractivity (Wildman–Crippen MR) is 151 cm³/mol. The minimum Gasteiger partial charge on any atom is -0.478 e. The van der Waals surface area contributed by atoms with E-state index in [1.807, 2.05) is 44.2 Å². The summed E-state index contributed by atoms with van der Waals surface area (Å²) >= 11 is 1.64. The third-order valence-corrected chi connectivity index (χ3v) is 7.94. The van der Waals surface area contributed by atoms with Crippen LogP contribution >= 0.6 is 11.8 Å². The summed E-state index contributed by atoms with van der Waals surface area (Å²) in [5.74, 6) is -1.71. The number of ether oxygens (including phenoxy) is 1. The van der Waals surface area contributed by atoms with Crippen LogP contribution < -0.4 is 16.0 Å². The van der Waals surface area contributed by atoms with Crippen molar-refractivity contribution in [3.8, 4) is 0 Å².